The van der Waals surface area contributed by atoms with Gasteiger partial charge in [-0.05, 0) is 12.5 Å². The molecular weight excluding hydrogens is 178 g/mol. The Balaban J connectivity index is 2.38. The molecule has 0 aliphatic carbocycles. The largest absolute Gasteiger partial charge is 0.445 e. The van der Waals surface area contributed by atoms with Gasteiger partial charge in [-0.15, -0.1) is 0 Å². The molecule has 0 unspecified atom stereocenters. The highest BCUT2D eigenvalue weighted by atomic mass is 16.6. The van der Waals surface area contributed by atoms with Crippen molar-refractivity contribution in [3.05, 3.63) is 35.9 Å². The normalized spacial score (nSPS) is 9.57. The summed E-state index contributed by atoms with van der Waals surface area (Å²) >= 11 is 0. The van der Waals surface area contributed by atoms with Crippen LogP contribution in [-0.4, -0.2) is 24.6 Å². The van der Waals surface area contributed by atoms with E-state index >= 15 is 0 Å². The molecule has 76 valence electrons. The molecule has 0 aliphatic rings. The first-order valence-corrected chi connectivity index (χ1v) is 4.66. The van der Waals surface area contributed by atoms with Gasteiger partial charge in [0.1, 0.15) is 6.61 Å². The summed E-state index contributed by atoms with van der Waals surface area (Å²) < 4.78 is 5.07. The van der Waals surface area contributed by atoms with Crippen molar-refractivity contribution in [1.29, 1.82) is 0 Å². The molecule has 0 saturated heterocycles. The van der Waals surface area contributed by atoms with Crippen molar-refractivity contribution in [1.82, 2.24) is 4.90 Å². The number of hydrogen-bond donors (Lipinski definition) is 0. The highest BCUT2D eigenvalue weighted by Crippen LogP contribution is 2.01. The summed E-state index contributed by atoms with van der Waals surface area (Å²) in [4.78, 5) is 12.8. The molecule has 0 aromatic heterocycles. The Bertz CT molecular complexity index is 285. The van der Waals surface area contributed by atoms with Crippen molar-refractivity contribution in [2.45, 2.75) is 13.5 Å². The summed E-state index contributed by atoms with van der Waals surface area (Å²) in [5, 5.41) is 0. The Kier molecular flexibility index (Phi) is 3.98. The maximum Gasteiger partial charge on any atom is 0.409 e. The molecule has 14 heavy (non-hydrogen) atoms. The van der Waals surface area contributed by atoms with Crippen LogP contribution in [0, 0.1) is 0 Å². The molecule has 1 aromatic carbocycles. The van der Waals surface area contributed by atoms with Crippen molar-refractivity contribution in [3.8, 4) is 0 Å². The summed E-state index contributed by atoms with van der Waals surface area (Å²) in [5.41, 5.74) is 1.00. The number of carbonyl (C=O) groups excluding carboxylic acids is 1. The Morgan fingerprint density at radius 2 is 2.00 bits per heavy atom. The molecule has 0 radical (unpaired) electrons. The van der Waals surface area contributed by atoms with Gasteiger partial charge in [0.05, 0.1) is 0 Å². The van der Waals surface area contributed by atoms with Gasteiger partial charge in [-0.1, -0.05) is 30.3 Å². The van der Waals surface area contributed by atoms with Crippen LogP contribution >= 0.6 is 0 Å². The first kappa shape index (κ1) is 10.6. The number of benzene rings is 1. The zero-order chi connectivity index (χ0) is 10.4. The zero-order valence-corrected chi connectivity index (χ0v) is 8.56. The molecule has 0 saturated carbocycles. The fraction of sp³-hybridized carbons (Fsp3) is 0.364. The van der Waals surface area contributed by atoms with Crippen LogP contribution in [-0.2, 0) is 11.3 Å². The van der Waals surface area contributed by atoms with Crippen LogP contribution in [0.1, 0.15) is 12.5 Å². The summed E-state index contributed by atoms with van der Waals surface area (Å²) in [5.74, 6) is 0. The van der Waals surface area contributed by atoms with Gasteiger partial charge in [-0.3, -0.25) is 0 Å². The van der Waals surface area contributed by atoms with E-state index in [2.05, 4.69) is 0 Å². The Morgan fingerprint density at radius 3 is 2.57 bits per heavy atom. The predicted molar refractivity (Wildman–Crippen MR) is 54.9 cm³/mol. The molecule has 0 N–H and O–H groups in total. The van der Waals surface area contributed by atoms with Crippen molar-refractivity contribution >= 4 is 6.09 Å². The zero-order valence-electron chi connectivity index (χ0n) is 8.56. The SMILES string of the molecule is CCN(C)C(=O)OCc1ccccc1. The second-order valence-electron chi connectivity index (χ2n) is 3.05. The van der Waals surface area contributed by atoms with Gasteiger partial charge in [0.15, 0.2) is 0 Å². The van der Waals surface area contributed by atoms with Gasteiger partial charge in [-0.25, -0.2) is 4.79 Å². The number of amides is 1. The number of ether oxygens (including phenoxy) is 1. The number of rotatable bonds is 3. The standard InChI is InChI=1S/C11H15NO2/c1-3-12(2)11(13)14-9-10-7-5-4-6-8-10/h4-8H,3,9H2,1-2H3. The molecule has 0 spiro atoms. The molecular formula is C11H15NO2. The van der Waals surface area contributed by atoms with Crippen LogP contribution in [0.2, 0.25) is 0 Å². The van der Waals surface area contributed by atoms with Gasteiger partial charge in [-0.2, -0.15) is 0 Å². The number of nitrogens with zero attached hydrogens (tertiary/aromatic N) is 1. The minimum Gasteiger partial charge on any atom is -0.445 e. The van der Waals surface area contributed by atoms with Gasteiger partial charge in [0.25, 0.3) is 0 Å². The van der Waals surface area contributed by atoms with Crippen LogP contribution in [0.4, 0.5) is 4.79 Å². The van der Waals surface area contributed by atoms with Crippen molar-refractivity contribution in [3.63, 3.8) is 0 Å². The van der Waals surface area contributed by atoms with Crippen molar-refractivity contribution < 1.29 is 9.53 Å². The van der Waals surface area contributed by atoms with Crippen LogP contribution in [0.25, 0.3) is 0 Å². The summed E-state index contributed by atoms with van der Waals surface area (Å²) in [6.07, 6.45) is -0.281. The second-order valence-corrected chi connectivity index (χ2v) is 3.05. The van der Waals surface area contributed by atoms with E-state index in [1.54, 1.807) is 7.05 Å². The Morgan fingerprint density at radius 1 is 1.36 bits per heavy atom. The third-order valence-electron chi connectivity index (χ3n) is 1.99. The summed E-state index contributed by atoms with van der Waals surface area (Å²) in [6, 6.07) is 9.64. The van der Waals surface area contributed by atoms with E-state index in [9.17, 15) is 4.79 Å². The summed E-state index contributed by atoms with van der Waals surface area (Å²) in [6.45, 7) is 2.90. The predicted octanol–water partition coefficient (Wildman–Crippen LogP) is 2.27. The quantitative estimate of drug-likeness (QED) is 0.737. The first-order chi connectivity index (χ1) is 6.74. The van der Waals surface area contributed by atoms with Crippen LogP contribution in [0.5, 0.6) is 0 Å². The highest BCUT2D eigenvalue weighted by molar-refractivity contribution is 5.67. The van der Waals surface area contributed by atoms with E-state index < -0.39 is 0 Å². The second kappa shape index (κ2) is 5.27. The van der Waals surface area contributed by atoms with Gasteiger partial charge in [0.2, 0.25) is 0 Å². The fourth-order valence-electron chi connectivity index (χ4n) is 0.959. The van der Waals surface area contributed by atoms with Crippen LogP contribution in [0.15, 0.2) is 30.3 Å². The van der Waals surface area contributed by atoms with Gasteiger partial charge < -0.3 is 9.64 Å². The molecule has 0 heterocycles. The molecule has 3 heteroatoms. The van der Waals surface area contributed by atoms with Crippen molar-refractivity contribution in [2.24, 2.45) is 0 Å². The molecule has 0 fully saturated rings. The van der Waals surface area contributed by atoms with E-state index in [0.29, 0.717) is 13.2 Å². The van der Waals surface area contributed by atoms with Crippen molar-refractivity contribution in [2.75, 3.05) is 13.6 Å². The lowest BCUT2D eigenvalue weighted by atomic mass is 10.2. The topological polar surface area (TPSA) is 29.5 Å². The Hall–Kier alpha value is -1.51. The Labute approximate surface area is 84.3 Å². The number of hydrogen-bond acceptors (Lipinski definition) is 2. The average molecular weight is 193 g/mol. The monoisotopic (exact) mass is 193 g/mol. The summed E-state index contributed by atoms with van der Waals surface area (Å²) in [7, 11) is 1.72. The van der Waals surface area contributed by atoms with E-state index in [4.69, 9.17) is 4.74 Å². The lowest BCUT2D eigenvalue weighted by Crippen LogP contribution is -2.26. The minimum absolute atomic E-state index is 0.281. The molecule has 0 bridgehead atoms. The third-order valence-corrected chi connectivity index (χ3v) is 1.99. The third kappa shape index (κ3) is 3.09. The molecule has 0 atom stereocenters. The highest BCUT2D eigenvalue weighted by Gasteiger charge is 2.06. The number of carbonyl (C=O) groups is 1. The minimum atomic E-state index is -0.281. The van der Waals surface area contributed by atoms with Crippen LogP contribution < -0.4 is 0 Å². The lowest BCUT2D eigenvalue weighted by Gasteiger charge is -2.14. The molecule has 1 aromatic rings. The first-order valence-electron chi connectivity index (χ1n) is 4.66. The molecule has 3 nitrogen and oxygen atoms in total. The smallest absolute Gasteiger partial charge is 0.409 e. The lowest BCUT2D eigenvalue weighted by molar-refractivity contribution is 0.106. The fourth-order valence-corrected chi connectivity index (χ4v) is 0.959. The molecule has 1 amide bonds. The molecule has 0 aliphatic heterocycles. The molecule has 1 rings (SSSR count). The van der Waals surface area contributed by atoms with E-state index in [1.165, 1.54) is 4.90 Å². The maximum absolute atomic E-state index is 11.3. The van der Waals surface area contributed by atoms with Gasteiger partial charge in [0, 0.05) is 13.6 Å². The maximum atomic E-state index is 11.3. The van der Waals surface area contributed by atoms with E-state index in [0.717, 1.165) is 5.56 Å². The van der Waals surface area contributed by atoms with Gasteiger partial charge >= 0.3 is 6.09 Å². The average Bonchev–Trinajstić information content (AvgIpc) is 2.26. The van der Waals surface area contributed by atoms with Crippen LogP contribution in [0.3, 0.4) is 0 Å². The van der Waals surface area contributed by atoms with E-state index in [1.807, 2.05) is 37.3 Å². The van der Waals surface area contributed by atoms with E-state index in [-0.39, 0.29) is 6.09 Å².